The Morgan fingerprint density at radius 1 is 1.12 bits per heavy atom. The molecule has 9 rings (SSSR count). The van der Waals surface area contributed by atoms with Gasteiger partial charge < -0.3 is 10.0 Å². The number of likely N-dealkylation sites (tertiary alicyclic amines) is 2. The highest BCUT2D eigenvalue weighted by atomic mass is 16.3. The summed E-state index contributed by atoms with van der Waals surface area (Å²) in [4.78, 5) is 18.8. The Morgan fingerprint density at radius 3 is 2.79 bits per heavy atom. The third-order valence-corrected chi connectivity index (χ3v) is 11.9. The van der Waals surface area contributed by atoms with Crippen LogP contribution >= 0.6 is 0 Å². The molecule has 0 radical (unpaired) electrons. The number of rotatable bonds is 3. The van der Waals surface area contributed by atoms with Crippen molar-refractivity contribution in [1.82, 2.24) is 9.80 Å². The topological polar surface area (TPSA) is 43.8 Å². The molecule has 174 valence electrons. The number of benzene rings is 2. The first kappa shape index (κ1) is 18.9. The second-order valence-corrected chi connectivity index (χ2v) is 12.8. The fourth-order valence-electron chi connectivity index (χ4n) is 11.2. The SMILES string of the molecule is O=C(c1ccccc1)N1CC23CC45C6Cc7ccc(O)cc7C4(CCN6CC4CC4)C2C1CC35. The molecule has 4 heteroatoms. The molecular formula is C30H32N2O2. The van der Waals surface area contributed by atoms with Gasteiger partial charge in [0.05, 0.1) is 0 Å². The van der Waals surface area contributed by atoms with Crippen molar-refractivity contribution in [3.63, 3.8) is 0 Å². The number of carbonyl (C=O) groups is 1. The van der Waals surface area contributed by atoms with Crippen molar-refractivity contribution in [3.8, 4) is 5.75 Å². The fourth-order valence-corrected chi connectivity index (χ4v) is 11.2. The van der Waals surface area contributed by atoms with Gasteiger partial charge in [-0.2, -0.15) is 0 Å². The van der Waals surface area contributed by atoms with Crippen LogP contribution in [0.3, 0.4) is 0 Å². The fraction of sp³-hybridized carbons (Fsp3) is 0.567. The van der Waals surface area contributed by atoms with E-state index >= 15 is 0 Å². The van der Waals surface area contributed by atoms with Crippen molar-refractivity contribution in [2.24, 2.45) is 28.6 Å². The summed E-state index contributed by atoms with van der Waals surface area (Å²) in [7, 11) is 0. The summed E-state index contributed by atoms with van der Waals surface area (Å²) in [6.07, 6.45) is 7.69. The van der Waals surface area contributed by atoms with Gasteiger partial charge in [-0.3, -0.25) is 9.69 Å². The van der Waals surface area contributed by atoms with Crippen LogP contribution in [-0.2, 0) is 11.8 Å². The van der Waals surface area contributed by atoms with Crippen LogP contribution in [-0.4, -0.2) is 52.5 Å². The lowest BCUT2D eigenvalue weighted by molar-refractivity contribution is -0.180. The van der Waals surface area contributed by atoms with Gasteiger partial charge >= 0.3 is 0 Å². The molecule has 6 fully saturated rings. The Labute approximate surface area is 200 Å². The molecule has 2 aliphatic heterocycles. The molecule has 7 bridgehead atoms. The Morgan fingerprint density at radius 2 is 1.97 bits per heavy atom. The van der Waals surface area contributed by atoms with Gasteiger partial charge in [0.15, 0.2) is 0 Å². The van der Waals surface area contributed by atoms with Crippen LogP contribution in [0.25, 0.3) is 0 Å². The molecule has 7 unspecified atom stereocenters. The molecule has 2 spiro atoms. The summed E-state index contributed by atoms with van der Waals surface area (Å²) in [6, 6.07) is 17.2. The minimum Gasteiger partial charge on any atom is -0.508 e. The molecule has 4 saturated carbocycles. The van der Waals surface area contributed by atoms with Crippen molar-refractivity contribution < 1.29 is 9.90 Å². The van der Waals surface area contributed by atoms with Crippen molar-refractivity contribution in [2.75, 3.05) is 19.6 Å². The van der Waals surface area contributed by atoms with Gasteiger partial charge in [0, 0.05) is 41.6 Å². The molecule has 7 atom stereocenters. The van der Waals surface area contributed by atoms with E-state index in [0.29, 0.717) is 34.6 Å². The molecule has 2 saturated heterocycles. The minimum absolute atomic E-state index is 0.142. The van der Waals surface area contributed by atoms with E-state index < -0.39 is 0 Å². The van der Waals surface area contributed by atoms with Gasteiger partial charge in [-0.1, -0.05) is 24.3 Å². The van der Waals surface area contributed by atoms with E-state index in [1.165, 1.54) is 56.3 Å². The van der Waals surface area contributed by atoms with E-state index in [9.17, 15) is 9.90 Å². The lowest BCUT2D eigenvalue weighted by Crippen LogP contribution is -2.74. The maximum absolute atomic E-state index is 13.7. The molecule has 1 amide bonds. The van der Waals surface area contributed by atoms with Crippen LogP contribution in [0.15, 0.2) is 48.5 Å². The van der Waals surface area contributed by atoms with Crippen LogP contribution in [0.5, 0.6) is 5.75 Å². The van der Waals surface area contributed by atoms with Crippen molar-refractivity contribution in [2.45, 2.75) is 56.0 Å². The predicted octanol–water partition coefficient (Wildman–Crippen LogP) is 4.22. The number of hydrogen-bond acceptors (Lipinski definition) is 3. The minimum atomic E-state index is 0.142. The molecule has 34 heavy (non-hydrogen) atoms. The monoisotopic (exact) mass is 452 g/mol. The van der Waals surface area contributed by atoms with Crippen molar-refractivity contribution >= 4 is 5.91 Å². The van der Waals surface area contributed by atoms with Gasteiger partial charge in [0.2, 0.25) is 0 Å². The summed E-state index contributed by atoms with van der Waals surface area (Å²) in [5, 5.41) is 10.6. The third-order valence-electron chi connectivity index (χ3n) is 11.9. The highest BCUT2D eigenvalue weighted by molar-refractivity contribution is 5.95. The van der Waals surface area contributed by atoms with E-state index in [0.717, 1.165) is 30.4 Å². The van der Waals surface area contributed by atoms with E-state index in [1.807, 2.05) is 36.4 Å². The first-order valence-electron chi connectivity index (χ1n) is 13.5. The molecule has 2 heterocycles. The number of carbonyl (C=O) groups excluding carboxylic acids is 1. The number of phenols is 1. The van der Waals surface area contributed by atoms with Crippen LogP contribution in [0.4, 0.5) is 0 Å². The largest absolute Gasteiger partial charge is 0.508 e. The second kappa shape index (κ2) is 5.73. The maximum atomic E-state index is 13.7. The predicted molar refractivity (Wildman–Crippen MR) is 129 cm³/mol. The number of piperidine rings is 2. The molecule has 2 aromatic rings. The van der Waals surface area contributed by atoms with Crippen molar-refractivity contribution in [3.05, 3.63) is 65.2 Å². The van der Waals surface area contributed by atoms with Gasteiger partial charge in [-0.15, -0.1) is 0 Å². The molecular weight excluding hydrogens is 420 g/mol. The Balaban J connectivity index is 1.19. The summed E-state index contributed by atoms with van der Waals surface area (Å²) >= 11 is 0. The average molecular weight is 453 g/mol. The normalized spacial score (nSPS) is 44.5. The van der Waals surface area contributed by atoms with Crippen LogP contribution in [0.2, 0.25) is 0 Å². The van der Waals surface area contributed by atoms with E-state index in [-0.39, 0.29) is 11.3 Å². The lowest BCUT2D eigenvalue weighted by atomic mass is 9.39. The summed E-state index contributed by atoms with van der Waals surface area (Å²) < 4.78 is 0. The van der Waals surface area contributed by atoms with Gasteiger partial charge in [0.1, 0.15) is 5.75 Å². The first-order valence-corrected chi connectivity index (χ1v) is 13.5. The number of amides is 1. The highest BCUT2D eigenvalue weighted by Crippen LogP contribution is 2.92. The van der Waals surface area contributed by atoms with Crippen molar-refractivity contribution in [1.29, 1.82) is 0 Å². The van der Waals surface area contributed by atoms with E-state index in [1.54, 1.807) is 0 Å². The number of nitrogens with zero attached hydrogens (tertiary/aromatic N) is 2. The van der Waals surface area contributed by atoms with Gasteiger partial charge in [0.25, 0.3) is 5.91 Å². The number of fused-ring (bicyclic) bond motifs is 1. The molecule has 7 aliphatic rings. The zero-order chi connectivity index (χ0) is 22.4. The molecule has 0 aromatic heterocycles. The smallest absolute Gasteiger partial charge is 0.254 e. The second-order valence-electron chi connectivity index (χ2n) is 12.8. The van der Waals surface area contributed by atoms with Gasteiger partial charge in [-0.05, 0) is 104 Å². The standard InChI is InChI=1S/C30H32N2O2/c33-21-9-8-20-12-25-30-16-28-17-32(27(34)19-4-2-1-3-5-19)23(14-24(28)30)26(28)29(30,22(20)13-21)10-11-31(25)15-18-6-7-18/h1-5,8-9,13,18,23-26,33H,6-7,10-12,14-17H2. The maximum Gasteiger partial charge on any atom is 0.254 e. The van der Waals surface area contributed by atoms with E-state index in [2.05, 4.69) is 21.9 Å². The zero-order valence-electron chi connectivity index (χ0n) is 19.6. The summed E-state index contributed by atoms with van der Waals surface area (Å²) in [5.74, 6) is 2.88. The quantitative estimate of drug-likeness (QED) is 0.758. The Kier molecular flexibility index (Phi) is 3.19. The van der Waals surface area contributed by atoms with Crippen LogP contribution < -0.4 is 0 Å². The Hall–Kier alpha value is -2.33. The molecule has 1 N–H and O–H groups in total. The molecule has 5 aliphatic carbocycles. The van der Waals surface area contributed by atoms with Gasteiger partial charge in [-0.25, -0.2) is 0 Å². The number of aromatic hydroxyl groups is 1. The highest BCUT2D eigenvalue weighted by Gasteiger charge is 2.93. The summed E-state index contributed by atoms with van der Waals surface area (Å²) in [6.45, 7) is 3.44. The number of hydrogen-bond donors (Lipinski definition) is 1. The first-order chi connectivity index (χ1) is 16.6. The van der Waals surface area contributed by atoms with E-state index in [4.69, 9.17) is 0 Å². The van der Waals surface area contributed by atoms with Crippen LogP contribution in [0.1, 0.15) is 53.6 Å². The third kappa shape index (κ3) is 1.82. The Bertz CT molecular complexity index is 1260. The zero-order valence-corrected chi connectivity index (χ0v) is 19.6. The number of phenolic OH excluding ortho intramolecular Hbond substituents is 1. The lowest BCUT2D eigenvalue weighted by Gasteiger charge is -2.71. The van der Waals surface area contributed by atoms with Crippen LogP contribution in [0, 0.1) is 28.6 Å². The molecule has 2 aromatic carbocycles. The molecule has 4 nitrogen and oxygen atoms in total. The average Bonchev–Trinajstić information content (AvgIpc) is 3.39. The summed E-state index contributed by atoms with van der Waals surface area (Å²) in [5.41, 5.74) is 4.58.